The topological polar surface area (TPSA) is 79.0 Å². The zero-order chi connectivity index (χ0) is 23.0. The molecule has 1 aromatic carbocycles. The molecular weight excluding hydrogens is 401 g/mol. The van der Waals surface area contributed by atoms with Crippen molar-refractivity contribution in [2.75, 3.05) is 19.7 Å². The molecule has 0 aliphatic carbocycles. The number of halogens is 1. The zero-order valence-electron chi connectivity index (χ0n) is 18.9. The van der Waals surface area contributed by atoms with E-state index in [-0.39, 0.29) is 30.4 Å². The smallest absolute Gasteiger partial charge is 0.256 e. The van der Waals surface area contributed by atoms with Crippen molar-refractivity contribution < 1.29 is 23.5 Å². The fourth-order valence-electron chi connectivity index (χ4n) is 4.21. The Hall–Kier alpha value is -2.48. The van der Waals surface area contributed by atoms with Gasteiger partial charge in [0.2, 0.25) is 11.8 Å². The molecule has 2 aliphatic heterocycles. The van der Waals surface area contributed by atoms with E-state index in [2.05, 4.69) is 5.32 Å². The maximum absolute atomic E-state index is 13.5. The Morgan fingerprint density at radius 1 is 1.13 bits per heavy atom. The predicted octanol–water partition coefficient (Wildman–Crippen LogP) is 2.56. The summed E-state index contributed by atoms with van der Waals surface area (Å²) in [6, 6.07) is 4.41. The Morgan fingerprint density at radius 2 is 1.71 bits per heavy atom. The molecule has 170 valence electrons. The molecule has 1 N–H and O–H groups in total. The molecule has 1 unspecified atom stereocenters. The van der Waals surface area contributed by atoms with Gasteiger partial charge in [-0.1, -0.05) is 20.8 Å². The van der Waals surface area contributed by atoms with Crippen molar-refractivity contribution in [3.8, 4) is 0 Å². The second-order valence-corrected chi connectivity index (χ2v) is 9.66. The first-order chi connectivity index (χ1) is 14.4. The first-order valence-electron chi connectivity index (χ1n) is 10.8. The van der Waals surface area contributed by atoms with Crippen LogP contribution in [0.3, 0.4) is 0 Å². The first-order valence-corrected chi connectivity index (χ1v) is 10.8. The predicted molar refractivity (Wildman–Crippen MR) is 114 cm³/mol. The molecule has 2 fully saturated rings. The monoisotopic (exact) mass is 433 g/mol. The van der Waals surface area contributed by atoms with Gasteiger partial charge in [-0.2, -0.15) is 0 Å². The van der Waals surface area contributed by atoms with E-state index in [1.165, 1.54) is 29.2 Å². The molecule has 3 rings (SSSR count). The summed E-state index contributed by atoms with van der Waals surface area (Å²) in [4.78, 5) is 42.3. The maximum Gasteiger partial charge on any atom is 0.256 e. The van der Waals surface area contributed by atoms with Crippen LogP contribution >= 0.6 is 0 Å². The van der Waals surface area contributed by atoms with Gasteiger partial charge in [-0.15, -0.1) is 0 Å². The second kappa shape index (κ2) is 8.57. The van der Waals surface area contributed by atoms with E-state index < -0.39 is 23.0 Å². The van der Waals surface area contributed by atoms with Gasteiger partial charge in [0, 0.05) is 43.0 Å². The Labute approximate surface area is 182 Å². The van der Waals surface area contributed by atoms with Crippen LogP contribution in [-0.2, 0) is 14.3 Å². The number of likely N-dealkylation sites (tertiary alicyclic amines) is 1. The third-order valence-corrected chi connectivity index (χ3v) is 5.78. The van der Waals surface area contributed by atoms with Gasteiger partial charge in [-0.05, 0) is 38.1 Å². The zero-order valence-corrected chi connectivity index (χ0v) is 18.9. The molecule has 1 spiro atoms. The molecule has 7 nitrogen and oxygen atoms in total. The number of hydrogen-bond donors (Lipinski definition) is 1. The van der Waals surface area contributed by atoms with E-state index in [1.807, 2.05) is 34.6 Å². The summed E-state index contributed by atoms with van der Waals surface area (Å²) in [5.41, 5.74) is -1.18. The van der Waals surface area contributed by atoms with E-state index >= 15 is 0 Å². The van der Waals surface area contributed by atoms with Crippen LogP contribution in [0.2, 0.25) is 0 Å². The third kappa shape index (κ3) is 4.74. The van der Waals surface area contributed by atoms with Crippen LogP contribution in [0.25, 0.3) is 0 Å². The molecule has 31 heavy (non-hydrogen) atoms. The number of piperidine rings is 1. The molecule has 1 atom stereocenters. The van der Waals surface area contributed by atoms with Crippen molar-refractivity contribution in [2.24, 2.45) is 5.41 Å². The number of nitrogens with zero attached hydrogens (tertiary/aromatic N) is 2. The quantitative estimate of drug-likeness (QED) is 0.795. The van der Waals surface area contributed by atoms with Crippen LogP contribution in [0.15, 0.2) is 24.3 Å². The van der Waals surface area contributed by atoms with Crippen LogP contribution in [0.4, 0.5) is 4.39 Å². The van der Waals surface area contributed by atoms with Gasteiger partial charge in [0.25, 0.3) is 5.91 Å². The largest absolute Gasteiger partial charge is 0.353 e. The summed E-state index contributed by atoms with van der Waals surface area (Å²) < 4.78 is 19.5. The fourth-order valence-corrected chi connectivity index (χ4v) is 4.21. The van der Waals surface area contributed by atoms with E-state index in [0.717, 1.165) is 0 Å². The van der Waals surface area contributed by atoms with Gasteiger partial charge in [-0.3, -0.25) is 19.3 Å². The van der Waals surface area contributed by atoms with Crippen LogP contribution in [-0.4, -0.2) is 65.0 Å². The van der Waals surface area contributed by atoms with E-state index in [1.54, 1.807) is 4.90 Å². The van der Waals surface area contributed by atoms with Gasteiger partial charge < -0.3 is 15.0 Å². The number of ether oxygens (including phenoxy) is 1. The minimum Gasteiger partial charge on any atom is -0.353 e. The molecule has 1 aromatic rings. The molecule has 3 amide bonds. The highest BCUT2D eigenvalue weighted by molar-refractivity contribution is 5.98. The number of carbonyl (C=O) groups is 3. The summed E-state index contributed by atoms with van der Waals surface area (Å²) in [7, 11) is 0. The van der Waals surface area contributed by atoms with Gasteiger partial charge in [0.1, 0.15) is 17.6 Å². The Kier molecular flexibility index (Phi) is 6.41. The minimum atomic E-state index is -0.973. The van der Waals surface area contributed by atoms with E-state index in [4.69, 9.17) is 4.74 Å². The lowest BCUT2D eigenvalue weighted by molar-refractivity contribution is -0.150. The van der Waals surface area contributed by atoms with Crippen LogP contribution < -0.4 is 5.32 Å². The number of nitrogens with one attached hydrogen (secondary N) is 1. The molecule has 2 aliphatic rings. The maximum atomic E-state index is 13.5. The second-order valence-electron chi connectivity index (χ2n) is 9.66. The van der Waals surface area contributed by atoms with Crippen LogP contribution in [0.5, 0.6) is 0 Å². The normalized spacial score (nSPS) is 20.9. The summed E-state index contributed by atoms with van der Waals surface area (Å²) in [6.07, 6.45) is 0.820. The molecule has 2 saturated heterocycles. The number of amides is 3. The molecule has 0 radical (unpaired) electrons. The molecule has 2 heterocycles. The summed E-state index contributed by atoms with van der Waals surface area (Å²) in [5, 5.41) is 2.86. The molecule has 8 heteroatoms. The van der Waals surface area contributed by atoms with Crippen molar-refractivity contribution in [2.45, 2.75) is 65.3 Å². The molecule has 0 bridgehead atoms. The lowest BCUT2D eigenvalue weighted by Crippen LogP contribution is -2.60. The van der Waals surface area contributed by atoms with Crippen LogP contribution in [0.1, 0.15) is 57.8 Å². The highest BCUT2D eigenvalue weighted by Crippen LogP contribution is 2.39. The van der Waals surface area contributed by atoms with Gasteiger partial charge in [0.15, 0.2) is 0 Å². The average Bonchev–Trinajstić information content (AvgIpc) is 3.05. The SMILES string of the molecule is CC(C)NC(=O)C1COC2(CCN(C(=O)C(C)(C)C)CC2)N1C(=O)c1ccc(F)cc1. The lowest BCUT2D eigenvalue weighted by atomic mass is 9.91. The van der Waals surface area contributed by atoms with Crippen molar-refractivity contribution in [1.82, 2.24) is 15.1 Å². The highest BCUT2D eigenvalue weighted by Gasteiger charge is 2.54. The number of benzene rings is 1. The Morgan fingerprint density at radius 3 is 2.23 bits per heavy atom. The van der Waals surface area contributed by atoms with Crippen molar-refractivity contribution in [3.63, 3.8) is 0 Å². The van der Waals surface area contributed by atoms with Crippen molar-refractivity contribution >= 4 is 17.7 Å². The molecular formula is C23H32FN3O4. The van der Waals surface area contributed by atoms with Crippen LogP contribution in [0, 0.1) is 11.2 Å². The van der Waals surface area contributed by atoms with Gasteiger partial charge in [-0.25, -0.2) is 4.39 Å². The summed E-state index contributed by atoms with van der Waals surface area (Å²) in [5.74, 6) is -1.05. The fraction of sp³-hybridized carbons (Fsp3) is 0.609. The standard InChI is InChI=1S/C23H32FN3O4/c1-15(2)25-19(28)18-14-31-23(10-12-26(13-11-23)21(30)22(3,4)5)27(18)20(29)16-6-8-17(24)9-7-16/h6-9,15,18H,10-14H2,1-5H3,(H,25,28). The third-order valence-electron chi connectivity index (χ3n) is 5.78. The van der Waals surface area contributed by atoms with Crippen molar-refractivity contribution in [3.05, 3.63) is 35.6 Å². The first kappa shape index (κ1) is 23.2. The molecule has 0 saturated carbocycles. The average molecular weight is 434 g/mol. The highest BCUT2D eigenvalue weighted by atomic mass is 19.1. The van der Waals surface area contributed by atoms with E-state index in [0.29, 0.717) is 31.5 Å². The minimum absolute atomic E-state index is 0.0471. The summed E-state index contributed by atoms with van der Waals surface area (Å²) >= 11 is 0. The molecule has 0 aromatic heterocycles. The summed E-state index contributed by atoms with van der Waals surface area (Å²) in [6.45, 7) is 10.3. The van der Waals surface area contributed by atoms with Gasteiger partial charge in [0.05, 0.1) is 6.61 Å². The Bertz CT molecular complexity index is 839. The number of carbonyl (C=O) groups excluding carboxylic acids is 3. The number of rotatable bonds is 3. The van der Waals surface area contributed by atoms with Crippen molar-refractivity contribution in [1.29, 1.82) is 0 Å². The van der Waals surface area contributed by atoms with Gasteiger partial charge >= 0.3 is 0 Å². The number of hydrogen-bond acceptors (Lipinski definition) is 4. The Balaban J connectivity index is 1.88. The lowest BCUT2D eigenvalue weighted by Gasteiger charge is -2.45. The van der Waals surface area contributed by atoms with E-state index in [9.17, 15) is 18.8 Å².